The first-order chi connectivity index (χ1) is 7.62. The molecule has 0 aromatic heterocycles. The Morgan fingerprint density at radius 1 is 0.500 bits per heavy atom. The first-order valence-corrected chi connectivity index (χ1v) is 6.73. The summed E-state index contributed by atoms with van der Waals surface area (Å²) in [6.45, 7) is 20.7. The Morgan fingerprint density at radius 2 is 0.722 bits per heavy atom. The molecule has 0 unspecified atom stereocenters. The van der Waals surface area contributed by atoms with Crippen molar-refractivity contribution in [2.75, 3.05) is 0 Å². The van der Waals surface area contributed by atoms with Crippen LogP contribution in [0.3, 0.4) is 0 Å². The Balaban J connectivity index is 4.71. The van der Waals surface area contributed by atoms with E-state index in [4.69, 9.17) is 9.47 Å². The molecule has 2 nitrogen and oxygen atoms in total. The molecule has 0 saturated heterocycles. The van der Waals surface area contributed by atoms with Gasteiger partial charge in [0.05, 0.1) is 22.4 Å². The van der Waals surface area contributed by atoms with Gasteiger partial charge in [-0.05, 0) is 69.2 Å². The second-order valence-corrected chi connectivity index (χ2v) is 7.97. The van der Waals surface area contributed by atoms with Crippen LogP contribution in [0.25, 0.3) is 0 Å². The smallest absolute Gasteiger partial charge is 0.0814 e. The highest BCUT2D eigenvalue weighted by atomic mass is 16.5. The van der Waals surface area contributed by atoms with Crippen LogP contribution in [0.5, 0.6) is 0 Å². The molecule has 0 rings (SSSR count). The lowest BCUT2D eigenvalue weighted by Crippen LogP contribution is -2.36. The normalized spacial score (nSPS) is 15.4. The first kappa shape index (κ1) is 17.7. The number of ether oxygens (including phenoxy) is 2. The maximum absolute atomic E-state index is 6.01. The topological polar surface area (TPSA) is 18.5 Å². The summed E-state index contributed by atoms with van der Waals surface area (Å²) in [4.78, 5) is 0. The van der Waals surface area contributed by atoms with Crippen molar-refractivity contribution in [3.63, 3.8) is 0 Å². The number of hydrogen-bond acceptors (Lipinski definition) is 2. The van der Waals surface area contributed by atoms with Gasteiger partial charge in [-0.25, -0.2) is 0 Å². The Hall–Kier alpha value is -0.340. The lowest BCUT2D eigenvalue weighted by atomic mass is 10.0. The van der Waals surface area contributed by atoms with E-state index in [0.717, 1.165) is 0 Å². The molecule has 2 heteroatoms. The molecule has 0 heterocycles. The van der Waals surface area contributed by atoms with E-state index in [1.165, 1.54) is 0 Å². The molecule has 0 amide bonds. The maximum atomic E-state index is 6.01. The average molecular weight is 256 g/mol. The SMILES string of the molecule is CC(C)(C)OC(C)(C)C=CC(C)(C)OC(C)(C)C. The van der Waals surface area contributed by atoms with Crippen LogP contribution in [0.4, 0.5) is 0 Å². The predicted molar refractivity (Wildman–Crippen MR) is 79.0 cm³/mol. The minimum absolute atomic E-state index is 0.150. The van der Waals surface area contributed by atoms with E-state index in [0.29, 0.717) is 0 Å². The minimum Gasteiger partial charge on any atom is -0.366 e. The molecule has 0 atom stereocenters. The van der Waals surface area contributed by atoms with Gasteiger partial charge in [-0.2, -0.15) is 0 Å². The molecule has 18 heavy (non-hydrogen) atoms. The van der Waals surface area contributed by atoms with Crippen LogP contribution in [-0.2, 0) is 9.47 Å². The molecule has 0 spiro atoms. The van der Waals surface area contributed by atoms with Crippen LogP contribution in [0, 0.1) is 0 Å². The molecule has 0 aliphatic carbocycles. The lowest BCUT2D eigenvalue weighted by Gasteiger charge is -2.34. The zero-order valence-electron chi connectivity index (χ0n) is 14.0. The summed E-state index contributed by atoms with van der Waals surface area (Å²) >= 11 is 0. The molecule has 0 bridgehead atoms. The van der Waals surface area contributed by atoms with Gasteiger partial charge >= 0.3 is 0 Å². The van der Waals surface area contributed by atoms with Crippen LogP contribution < -0.4 is 0 Å². The Morgan fingerprint density at radius 3 is 0.889 bits per heavy atom. The van der Waals surface area contributed by atoms with E-state index in [2.05, 4.69) is 81.4 Å². The van der Waals surface area contributed by atoms with Crippen molar-refractivity contribution >= 4 is 0 Å². The molecular formula is C16H32O2. The molecule has 0 radical (unpaired) electrons. The third kappa shape index (κ3) is 9.67. The highest BCUT2D eigenvalue weighted by Gasteiger charge is 2.27. The Kier molecular flexibility index (Phi) is 5.24. The van der Waals surface area contributed by atoms with Crippen molar-refractivity contribution in [2.45, 2.75) is 91.6 Å². The molecule has 0 aliphatic rings. The maximum Gasteiger partial charge on any atom is 0.0814 e. The molecule has 0 aliphatic heterocycles. The fourth-order valence-corrected chi connectivity index (χ4v) is 2.05. The fraction of sp³-hybridized carbons (Fsp3) is 0.875. The van der Waals surface area contributed by atoms with Crippen molar-refractivity contribution in [1.82, 2.24) is 0 Å². The quantitative estimate of drug-likeness (QED) is 0.677. The number of hydrogen-bond donors (Lipinski definition) is 0. The Bertz CT molecular complexity index is 255. The molecular weight excluding hydrogens is 224 g/mol. The van der Waals surface area contributed by atoms with Crippen molar-refractivity contribution in [1.29, 1.82) is 0 Å². The van der Waals surface area contributed by atoms with Gasteiger partial charge in [-0.1, -0.05) is 12.2 Å². The average Bonchev–Trinajstić information content (AvgIpc) is 1.91. The number of rotatable bonds is 4. The summed E-state index contributed by atoms with van der Waals surface area (Å²) in [5.41, 5.74) is -0.890. The molecule has 0 aromatic rings. The van der Waals surface area contributed by atoms with E-state index in [1.54, 1.807) is 0 Å². The van der Waals surface area contributed by atoms with Crippen LogP contribution in [0.1, 0.15) is 69.2 Å². The predicted octanol–water partition coefficient (Wildman–Crippen LogP) is 4.73. The molecule has 0 saturated carbocycles. The van der Waals surface area contributed by atoms with E-state index in [-0.39, 0.29) is 22.4 Å². The molecule has 108 valence electrons. The van der Waals surface area contributed by atoms with Gasteiger partial charge in [-0.15, -0.1) is 0 Å². The van der Waals surface area contributed by atoms with E-state index < -0.39 is 0 Å². The van der Waals surface area contributed by atoms with E-state index in [1.807, 2.05) is 0 Å². The first-order valence-electron chi connectivity index (χ1n) is 6.73. The van der Waals surface area contributed by atoms with Gasteiger partial charge < -0.3 is 9.47 Å². The largest absolute Gasteiger partial charge is 0.366 e. The second kappa shape index (κ2) is 5.34. The van der Waals surface area contributed by atoms with Gasteiger partial charge in [0, 0.05) is 0 Å². The second-order valence-electron chi connectivity index (χ2n) is 7.97. The van der Waals surface area contributed by atoms with Gasteiger partial charge in [0.2, 0.25) is 0 Å². The van der Waals surface area contributed by atoms with Crippen LogP contribution in [0.2, 0.25) is 0 Å². The fourth-order valence-electron chi connectivity index (χ4n) is 2.05. The van der Waals surface area contributed by atoms with Crippen molar-refractivity contribution < 1.29 is 9.47 Å². The van der Waals surface area contributed by atoms with Gasteiger partial charge in [0.15, 0.2) is 0 Å². The zero-order valence-corrected chi connectivity index (χ0v) is 14.0. The summed E-state index contributed by atoms with van der Waals surface area (Å²) in [6, 6.07) is 0. The highest BCUT2D eigenvalue weighted by Crippen LogP contribution is 2.25. The summed E-state index contributed by atoms with van der Waals surface area (Å²) in [5.74, 6) is 0. The monoisotopic (exact) mass is 256 g/mol. The van der Waals surface area contributed by atoms with Crippen molar-refractivity contribution in [2.24, 2.45) is 0 Å². The summed E-state index contributed by atoms with van der Waals surface area (Å²) < 4.78 is 12.0. The molecule has 0 aromatic carbocycles. The standard InChI is InChI=1S/C16H32O2/c1-13(2,3)17-15(7,8)11-12-16(9,10)18-14(4,5)6/h11-12H,1-10H3. The third-order valence-electron chi connectivity index (χ3n) is 2.02. The molecule has 0 N–H and O–H groups in total. The summed E-state index contributed by atoms with van der Waals surface area (Å²) in [5, 5.41) is 0. The third-order valence-corrected chi connectivity index (χ3v) is 2.02. The zero-order chi connectivity index (χ0) is 14.8. The van der Waals surface area contributed by atoms with E-state index in [9.17, 15) is 0 Å². The summed E-state index contributed by atoms with van der Waals surface area (Å²) in [6.07, 6.45) is 4.17. The van der Waals surface area contributed by atoms with Crippen LogP contribution >= 0.6 is 0 Å². The Labute approximate surface area is 114 Å². The van der Waals surface area contributed by atoms with Crippen molar-refractivity contribution in [3.05, 3.63) is 12.2 Å². The molecule has 0 fully saturated rings. The summed E-state index contributed by atoms with van der Waals surface area (Å²) in [7, 11) is 0. The van der Waals surface area contributed by atoms with Gasteiger partial charge in [-0.3, -0.25) is 0 Å². The van der Waals surface area contributed by atoms with Crippen LogP contribution in [-0.4, -0.2) is 22.4 Å². The highest BCUT2D eigenvalue weighted by molar-refractivity contribution is 5.06. The van der Waals surface area contributed by atoms with E-state index >= 15 is 0 Å². The van der Waals surface area contributed by atoms with Gasteiger partial charge in [0.25, 0.3) is 0 Å². The van der Waals surface area contributed by atoms with Crippen molar-refractivity contribution in [3.8, 4) is 0 Å². The minimum atomic E-state index is -0.295. The van der Waals surface area contributed by atoms with Crippen LogP contribution in [0.15, 0.2) is 12.2 Å². The lowest BCUT2D eigenvalue weighted by molar-refractivity contribution is -0.0953. The van der Waals surface area contributed by atoms with Gasteiger partial charge in [0.1, 0.15) is 0 Å².